The van der Waals surface area contributed by atoms with E-state index in [4.69, 9.17) is 0 Å². The fourth-order valence-electron chi connectivity index (χ4n) is 2.03. The maximum absolute atomic E-state index is 9.89. The Bertz CT molecular complexity index is 222. The molecule has 0 radical (unpaired) electrons. The van der Waals surface area contributed by atoms with Gasteiger partial charge in [0.1, 0.15) is 12.6 Å². The van der Waals surface area contributed by atoms with Crippen LogP contribution in [-0.2, 0) is 9.59 Å². The van der Waals surface area contributed by atoms with Crippen molar-refractivity contribution in [3.8, 4) is 0 Å². The second-order valence-electron chi connectivity index (χ2n) is 5.49. The molecule has 0 aliphatic rings. The summed E-state index contributed by atoms with van der Waals surface area (Å²) >= 11 is 0. The fraction of sp³-hybridized carbons (Fsp3) is 0.789. The lowest BCUT2D eigenvalue weighted by molar-refractivity contribution is -0.108. The Hall–Kier alpha value is -0.920. The molecule has 0 saturated heterocycles. The first-order chi connectivity index (χ1) is 10.3. The first kappa shape index (κ1) is 22.4. The zero-order valence-corrected chi connectivity index (χ0v) is 14.3. The molecule has 21 heavy (non-hydrogen) atoms. The first-order valence-corrected chi connectivity index (χ1v) is 8.87. The summed E-state index contributed by atoms with van der Waals surface area (Å²) in [5, 5.41) is 0. The van der Waals surface area contributed by atoms with Gasteiger partial charge in [0.15, 0.2) is 0 Å². The molecular formula is C19H36O2. The quantitative estimate of drug-likeness (QED) is 0.222. The zero-order valence-electron chi connectivity index (χ0n) is 14.3. The largest absolute Gasteiger partial charge is 0.303 e. The third kappa shape index (κ3) is 28.1. The molecule has 124 valence electrons. The van der Waals surface area contributed by atoms with Crippen LogP contribution < -0.4 is 0 Å². The first-order valence-electron chi connectivity index (χ1n) is 8.87. The van der Waals surface area contributed by atoms with Gasteiger partial charge < -0.3 is 4.79 Å². The van der Waals surface area contributed by atoms with Crippen LogP contribution in [0.15, 0.2) is 12.2 Å². The van der Waals surface area contributed by atoms with Crippen molar-refractivity contribution in [1.29, 1.82) is 0 Å². The molecule has 0 aliphatic carbocycles. The molecule has 0 rings (SSSR count). The molecule has 0 bridgehead atoms. The van der Waals surface area contributed by atoms with E-state index in [1.54, 1.807) is 6.08 Å². The van der Waals surface area contributed by atoms with Gasteiger partial charge in [0, 0.05) is 6.42 Å². The highest BCUT2D eigenvalue weighted by molar-refractivity contribution is 5.64. The van der Waals surface area contributed by atoms with Gasteiger partial charge in [-0.15, -0.1) is 0 Å². The summed E-state index contributed by atoms with van der Waals surface area (Å²) < 4.78 is 0. The molecule has 0 aromatic heterocycles. The molecule has 2 heteroatoms. The van der Waals surface area contributed by atoms with E-state index in [-0.39, 0.29) is 0 Å². The van der Waals surface area contributed by atoms with Crippen LogP contribution >= 0.6 is 0 Å². The normalized spacial score (nSPS) is 10.2. The summed E-state index contributed by atoms with van der Waals surface area (Å²) in [5.74, 6) is 0. The van der Waals surface area contributed by atoms with Gasteiger partial charge in [-0.1, -0.05) is 77.7 Å². The lowest BCUT2D eigenvalue weighted by atomic mass is 10.1. The molecule has 0 heterocycles. The van der Waals surface area contributed by atoms with Crippen molar-refractivity contribution in [2.75, 3.05) is 0 Å². The average Bonchev–Trinajstić information content (AvgIpc) is 2.51. The molecule has 0 unspecified atom stereocenters. The Kier molecular flexibility index (Phi) is 25.7. The second-order valence-corrected chi connectivity index (χ2v) is 5.49. The van der Waals surface area contributed by atoms with Gasteiger partial charge in [0.05, 0.1) is 0 Å². The van der Waals surface area contributed by atoms with Crippen LogP contribution in [0.4, 0.5) is 0 Å². The standard InChI is InChI=1S/C10H18O.C9H18O/c1-2-3-4-5-6-7-8-9-10-11;1-2-3-4-5-6-7-8-9-10/h8-10H,2-7H2,1H3;9H,2-8H2,1H3. The topological polar surface area (TPSA) is 34.1 Å². The number of allylic oxidation sites excluding steroid dienone is 2. The SMILES string of the molecule is CCCCCCCC=CC=O.CCCCCCCCC=O. The van der Waals surface area contributed by atoms with E-state index in [1.807, 2.05) is 6.08 Å². The van der Waals surface area contributed by atoms with E-state index in [2.05, 4.69) is 13.8 Å². The Balaban J connectivity index is 0. The summed E-state index contributed by atoms with van der Waals surface area (Å²) in [5.41, 5.74) is 0. The molecule has 0 N–H and O–H groups in total. The van der Waals surface area contributed by atoms with E-state index in [0.29, 0.717) is 0 Å². The van der Waals surface area contributed by atoms with Gasteiger partial charge in [0.2, 0.25) is 0 Å². The van der Waals surface area contributed by atoms with Gasteiger partial charge in [0.25, 0.3) is 0 Å². The fourth-order valence-corrected chi connectivity index (χ4v) is 2.03. The van der Waals surface area contributed by atoms with Gasteiger partial charge in [-0.25, -0.2) is 0 Å². The van der Waals surface area contributed by atoms with Crippen molar-refractivity contribution in [2.45, 2.75) is 97.3 Å². The maximum atomic E-state index is 9.89. The lowest BCUT2D eigenvalue weighted by Gasteiger charge is -1.95. The monoisotopic (exact) mass is 296 g/mol. The lowest BCUT2D eigenvalue weighted by Crippen LogP contribution is -1.79. The Morgan fingerprint density at radius 2 is 1.10 bits per heavy atom. The second kappa shape index (κ2) is 24.1. The van der Waals surface area contributed by atoms with Crippen LogP contribution in [0.3, 0.4) is 0 Å². The average molecular weight is 296 g/mol. The molecular weight excluding hydrogens is 260 g/mol. The molecule has 0 spiro atoms. The predicted octanol–water partition coefficient (Wildman–Crippen LogP) is 6.04. The highest BCUT2D eigenvalue weighted by Gasteiger charge is 1.87. The number of carbonyl (C=O) groups is 2. The van der Waals surface area contributed by atoms with Gasteiger partial charge >= 0.3 is 0 Å². The minimum Gasteiger partial charge on any atom is -0.303 e. The highest BCUT2D eigenvalue weighted by atomic mass is 16.1. The summed E-state index contributed by atoms with van der Waals surface area (Å²) in [6, 6.07) is 0. The van der Waals surface area contributed by atoms with Crippen LogP contribution in [0.2, 0.25) is 0 Å². The number of hydrogen-bond donors (Lipinski definition) is 0. The van der Waals surface area contributed by atoms with Crippen molar-refractivity contribution in [1.82, 2.24) is 0 Å². The van der Waals surface area contributed by atoms with Crippen molar-refractivity contribution in [2.24, 2.45) is 0 Å². The van der Waals surface area contributed by atoms with Gasteiger partial charge in [-0.05, 0) is 25.3 Å². The number of rotatable bonds is 14. The zero-order chi connectivity index (χ0) is 16.0. The van der Waals surface area contributed by atoms with Gasteiger partial charge in [-0.3, -0.25) is 4.79 Å². The van der Waals surface area contributed by atoms with Crippen LogP contribution in [0, 0.1) is 0 Å². The van der Waals surface area contributed by atoms with Crippen LogP contribution in [-0.4, -0.2) is 12.6 Å². The predicted molar refractivity (Wildman–Crippen MR) is 92.6 cm³/mol. The Labute approximate surface area is 132 Å². The van der Waals surface area contributed by atoms with E-state index in [9.17, 15) is 9.59 Å². The minimum absolute atomic E-state index is 0.756. The van der Waals surface area contributed by atoms with E-state index in [0.717, 1.165) is 31.8 Å². The molecule has 0 saturated carbocycles. The molecule has 0 aromatic carbocycles. The summed E-state index contributed by atoms with van der Waals surface area (Å²) in [7, 11) is 0. The Morgan fingerprint density at radius 1 is 0.619 bits per heavy atom. The highest BCUT2D eigenvalue weighted by Crippen LogP contribution is 2.05. The van der Waals surface area contributed by atoms with E-state index in [1.165, 1.54) is 64.2 Å². The number of hydrogen-bond acceptors (Lipinski definition) is 2. The van der Waals surface area contributed by atoms with Crippen LogP contribution in [0.1, 0.15) is 97.3 Å². The van der Waals surface area contributed by atoms with Crippen LogP contribution in [0.5, 0.6) is 0 Å². The summed E-state index contributed by atoms with van der Waals surface area (Å²) in [6.45, 7) is 4.43. The third-order valence-corrected chi connectivity index (χ3v) is 3.36. The van der Waals surface area contributed by atoms with Gasteiger partial charge in [-0.2, -0.15) is 0 Å². The third-order valence-electron chi connectivity index (χ3n) is 3.36. The molecule has 0 aliphatic heterocycles. The maximum Gasteiger partial charge on any atom is 0.142 e. The molecule has 0 aromatic rings. The Morgan fingerprint density at radius 3 is 1.57 bits per heavy atom. The van der Waals surface area contributed by atoms with Crippen molar-refractivity contribution >= 4 is 12.6 Å². The number of aldehydes is 2. The number of unbranched alkanes of at least 4 members (excludes halogenated alkanes) is 11. The molecule has 2 nitrogen and oxygen atoms in total. The van der Waals surface area contributed by atoms with E-state index < -0.39 is 0 Å². The van der Waals surface area contributed by atoms with Crippen LogP contribution in [0.25, 0.3) is 0 Å². The van der Waals surface area contributed by atoms with E-state index >= 15 is 0 Å². The molecule has 0 fully saturated rings. The molecule has 0 amide bonds. The summed E-state index contributed by atoms with van der Waals surface area (Å²) in [4.78, 5) is 19.7. The molecule has 0 atom stereocenters. The smallest absolute Gasteiger partial charge is 0.142 e. The summed E-state index contributed by atoms with van der Waals surface area (Å²) in [6.07, 6.45) is 21.3. The van der Waals surface area contributed by atoms with Crippen molar-refractivity contribution < 1.29 is 9.59 Å². The van der Waals surface area contributed by atoms with Crippen molar-refractivity contribution in [3.05, 3.63) is 12.2 Å². The van der Waals surface area contributed by atoms with Crippen molar-refractivity contribution in [3.63, 3.8) is 0 Å². The minimum atomic E-state index is 0.756. The number of carbonyl (C=O) groups excluding carboxylic acids is 2.